The van der Waals surface area contributed by atoms with Gasteiger partial charge in [-0.1, -0.05) is 24.4 Å². The molecule has 1 amide bonds. The van der Waals surface area contributed by atoms with Crippen molar-refractivity contribution in [1.82, 2.24) is 20.1 Å². The molecule has 0 spiro atoms. The van der Waals surface area contributed by atoms with E-state index in [9.17, 15) is 22.0 Å². The molecule has 4 rings (SSSR count). The third-order valence-corrected chi connectivity index (χ3v) is 9.52. The number of hydrogen-bond donors (Lipinski definition) is 2. The van der Waals surface area contributed by atoms with Crippen LogP contribution in [-0.4, -0.2) is 59.8 Å². The Kier molecular flexibility index (Phi) is 9.36. The Balaban J connectivity index is 1.51. The summed E-state index contributed by atoms with van der Waals surface area (Å²) in [6, 6.07) is 1.54. The van der Waals surface area contributed by atoms with Crippen LogP contribution in [0.2, 0.25) is 5.02 Å². The molecule has 1 atom stereocenters. The van der Waals surface area contributed by atoms with Crippen molar-refractivity contribution in [2.75, 3.05) is 18.1 Å². The Bertz CT molecular complexity index is 1280. The second-order valence-corrected chi connectivity index (χ2v) is 13.4. The van der Waals surface area contributed by atoms with Crippen molar-refractivity contribution in [3.63, 3.8) is 0 Å². The fraction of sp³-hybridized carbons (Fsp3) is 0.654. The van der Waals surface area contributed by atoms with Crippen molar-refractivity contribution in [3.8, 4) is 17.0 Å². The number of amides is 1. The summed E-state index contributed by atoms with van der Waals surface area (Å²) in [5.74, 6) is 0.636. The van der Waals surface area contributed by atoms with Gasteiger partial charge in [-0.15, -0.1) is 0 Å². The van der Waals surface area contributed by atoms with Gasteiger partial charge in [0.15, 0.2) is 5.69 Å². The van der Waals surface area contributed by atoms with Gasteiger partial charge in [-0.2, -0.15) is 13.9 Å². The lowest BCUT2D eigenvalue weighted by molar-refractivity contribution is -0.0494. The van der Waals surface area contributed by atoms with Crippen LogP contribution in [-0.2, 0) is 16.4 Å². The molecular formula is C26H36ClF2N5O4S. The van der Waals surface area contributed by atoms with Gasteiger partial charge in [0.05, 0.1) is 21.5 Å². The highest BCUT2D eigenvalue weighted by atomic mass is 35.5. The van der Waals surface area contributed by atoms with Crippen molar-refractivity contribution >= 4 is 33.2 Å². The van der Waals surface area contributed by atoms with E-state index in [0.29, 0.717) is 50.5 Å². The van der Waals surface area contributed by atoms with E-state index in [0.717, 1.165) is 6.42 Å². The van der Waals surface area contributed by atoms with Gasteiger partial charge in [0.2, 0.25) is 0 Å². The molecule has 0 saturated heterocycles. The summed E-state index contributed by atoms with van der Waals surface area (Å²) < 4.78 is 56.6. The van der Waals surface area contributed by atoms with Gasteiger partial charge in [-0.3, -0.25) is 9.48 Å². The summed E-state index contributed by atoms with van der Waals surface area (Å²) in [6.07, 6.45) is 8.57. The van der Waals surface area contributed by atoms with E-state index in [1.165, 1.54) is 36.0 Å². The minimum atomic E-state index is -3.07. The number of aryl methyl sites for hydroxylation is 1. The number of rotatable bonds is 12. The van der Waals surface area contributed by atoms with Crippen LogP contribution in [0.4, 0.5) is 14.6 Å². The van der Waals surface area contributed by atoms with E-state index in [1.54, 1.807) is 6.92 Å². The number of carbonyl (C=O) groups is 1. The first-order valence-electron chi connectivity index (χ1n) is 13.4. The van der Waals surface area contributed by atoms with Crippen LogP contribution in [0.25, 0.3) is 11.3 Å². The minimum absolute atomic E-state index is 0.0128. The molecule has 13 heteroatoms. The van der Waals surface area contributed by atoms with E-state index < -0.39 is 22.4 Å². The molecule has 2 heterocycles. The second-order valence-electron chi connectivity index (χ2n) is 10.7. The van der Waals surface area contributed by atoms with Crippen molar-refractivity contribution in [3.05, 3.63) is 23.0 Å². The number of pyridine rings is 1. The molecule has 0 unspecified atom stereocenters. The number of ether oxygens (including phenoxy) is 1. The molecule has 2 aromatic heterocycles. The van der Waals surface area contributed by atoms with Crippen LogP contribution in [0.1, 0.15) is 69.3 Å². The van der Waals surface area contributed by atoms with Crippen LogP contribution >= 0.6 is 11.6 Å². The van der Waals surface area contributed by atoms with E-state index in [2.05, 4.69) is 20.7 Å². The fourth-order valence-corrected chi connectivity index (χ4v) is 6.66. The summed E-state index contributed by atoms with van der Waals surface area (Å²) in [5, 5.41) is 10.1. The molecule has 0 aromatic carbocycles. The lowest BCUT2D eigenvalue weighted by Gasteiger charge is -2.27. The van der Waals surface area contributed by atoms with Gasteiger partial charge in [0, 0.05) is 37.7 Å². The average molecular weight is 588 g/mol. The van der Waals surface area contributed by atoms with Crippen molar-refractivity contribution in [2.45, 2.75) is 83.2 Å². The maximum Gasteiger partial charge on any atom is 0.387 e. The molecule has 2 saturated carbocycles. The molecule has 9 nitrogen and oxygen atoms in total. The van der Waals surface area contributed by atoms with E-state index in [4.69, 9.17) is 16.3 Å². The molecule has 0 aliphatic heterocycles. The van der Waals surface area contributed by atoms with Crippen LogP contribution in [0, 0.1) is 11.8 Å². The predicted octanol–water partition coefficient (Wildman–Crippen LogP) is 5.15. The van der Waals surface area contributed by atoms with Crippen molar-refractivity contribution in [1.29, 1.82) is 0 Å². The van der Waals surface area contributed by atoms with Gasteiger partial charge in [-0.25, -0.2) is 13.4 Å². The number of nitrogens with zero attached hydrogens (tertiary/aromatic N) is 3. The first-order valence-corrected chi connectivity index (χ1v) is 15.7. The predicted molar refractivity (Wildman–Crippen MR) is 146 cm³/mol. The van der Waals surface area contributed by atoms with Gasteiger partial charge in [0.1, 0.15) is 21.4 Å². The maximum absolute atomic E-state index is 13.4. The maximum atomic E-state index is 13.4. The summed E-state index contributed by atoms with van der Waals surface area (Å²) >= 11 is 6.63. The third kappa shape index (κ3) is 7.59. The lowest BCUT2D eigenvalue weighted by Crippen LogP contribution is -2.34. The summed E-state index contributed by atoms with van der Waals surface area (Å²) in [4.78, 5) is 17.4. The zero-order chi connectivity index (χ0) is 28.3. The Labute approximate surface area is 233 Å². The quantitative estimate of drug-likeness (QED) is 0.353. The summed E-state index contributed by atoms with van der Waals surface area (Å²) in [5.41, 5.74) is 0.438. The molecular weight excluding hydrogens is 552 g/mol. The molecule has 39 heavy (non-hydrogen) atoms. The van der Waals surface area contributed by atoms with E-state index in [1.807, 2.05) is 6.92 Å². The van der Waals surface area contributed by atoms with Crippen molar-refractivity contribution < 1.29 is 26.7 Å². The minimum Gasteiger partial charge on any atom is -0.434 e. The molecule has 0 radical (unpaired) electrons. The largest absolute Gasteiger partial charge is 0.434 e. The Morgan fingerprint density at radius 3 is 2.46 bits per heavy atom. The highest BCUT2D eigenvalue weighted by molar-refractivity contribution is 7.91. The van der Waals surface area contributed by atoms with Crippen LogP contribution in [0.3, 0.4) is 0 Å². The SMILES string of the molecule is CCn1nc(C(=O)NCC2CCC(S(C)(=O)=O)CC2)c(Cl)c1-c1cnc(N[C@H](C)CC2CC2)cc1OC(F)F. The molecule has 2 aliphatic rings. The lowest BCUT2D eigenvalue weighted by atomic mass is 9.89. The van der Waals surface area contributed by atoms with Gasteiger partial charge >= 0.3 is 6.61 Å². The van der Waals surface area contributed by atoms with Gasteiger partial charge in [0.25, 0.3) is 5.91 Å². The number of aromatic nitrogens is 3. The Morgan fingerprint density at radius 2 is 1.87 bits per heavy atom. The summed E-state index contributed by atoms with van der Waals surface area (Å²) in [7, 11) is -3.07. The van der Waals surface area contributed by atoms with Crippen molar-refractivity contribution in [2.24, 2.45) is 11.8 Å². The number of carbonyl (C=O) groups excluding carboxylic acids is 1. The van der Waals surface area contributed by atoms with E-state index >= 15 is 0 Å². The molecule has 2 N–H and O–H groups in total. The third-order valence-electron chi connectivity index (χ3n) is 7.48. The number of hydrogen-bond acceptors (Lipinski definition) is 7. The molecule has 0 bridgehead atoms. The molecule has 2 aromatic rings. The number of sulfone groups is 1. The van der Waals surface area contributed by atoms with E-state index in [-0.39, 0.29) is 44.9 Å². The van der Waals surface area contributed by atoms with Crippen LogP contribution in [0.5, 0.6) is 5.75 Å². The smallest absolute Gasteiger partial charge is 0.387 e. The summed E-state index contributed by atoms with van der Waals surface area (Å²) in [6.45, 7) is 1.43. The first-order chi connectivity index (χ1) is 18.5. The van der Waals surface area contributed by atoms with Crippen LogP contribution < -0.4 is 15.4 Å². The van der Waals surface area contributed by atoms with Crippen LogP contribution in [0.15, 0.2) is 12.3 Å². The molecule has 216 valence electrons. The normalized spacial score (nSPS) is 20.6. The highest BCUT2D eigenvalue weighted by Gasteiger charge is 2.30. The monoisotopic (exact) mass is 587 g/mol. The Hall–Kier alpha value is -2.47. The highest BCUT2D eigenvalue weighted by Crippen LogP contribution is 2.39. The number of nitrogens with one attached hydrogen (secondary N) is 2. The molecule has 2 aliphatic carbocycles. The topological polar surface area (TPSA) is 115 Å². The number of alkyl halides is 2. The first kappa shape index (κ1) is 29.5. The standard InChI is InChI=1S/C26H36ClF2N5O4S/c1-4-34-24(19-14-30-21(12-20(19)38-26(28)29)32-15(2)11-16-5-6-16)22(27)23(33-34)25(35)31-13-17-7-9-18(10-8-17)39(3,36)37/h12,14-18,26H,4-11,13H2,1-3H3,(H,30,32)(H,31,35)/t15-,17?,18?/m1/s1. The van der Waals surface area contributed by atoms with Gasteiger partial charge < -0.3 is 15.4 Å². The number of anilines is 1. The zero-order valence-corrected chi connectivity index (χ0v) is 24.0. The van der Waals surface area contributed by atoms with Gasteiger partial charge in [-0.05, 0) is 57.8 Å². The Morgan fingerprint density at radius 1 is 1.21 bits per heavy atom. The fourth-order valence-electron chi connectivity index (χ4n) is 5.21. The average Bonchev–Trinajstić information content (AvgIpc) is 3.62. The number of halogens is 3. The second kappa shape index (κ2) is 12.4. The molecule has 2 fully saturated rings. The zero-order valence-electron chi connectivity index (χ0n) is 22.4.